The van der Waals surface area contributed by atoms with E-state index in [0.29, 0.717) is 35.0 Å². The second-order valence-electron chi connectivity index (χ2n) is 4.81. The van der Waals surface area contributed by atoms with Crippen molar-refractivity contribution in [3.8, 4) is 5.75 Å². The molecule has 1 aromatic heterocycles. The van der Waals surface area contributed by atoms with Crippen molar-refractivity contribution in [2.24, 2.45) is 0 Å². The Morgan fingerprint density at radius 2 is 2.05 bits per heavy atom. The summed E-state index contributed by atoms with van der Waals surface area (Å²) >= 11 is 1.43. The number of hydrogen-bond acceptors (Lipinski definition) is 5. The number of carbonyl (C=O) groups is 1. The third-order valence-electron chi connectivity index (χ3n) is 3.54. The molecule has 0 bridgehead atoms. The largest absolute Gasteiger partial charge is 0.494 e. The molecule has 0 aliphatic rings. The number of rotatable bonds is 4. The molecule has 5 heteroatoms. The highest BCUT2D eigenvalue weighted by molar-refractivity contribution is 7.24. The normalized spacial score (nSPS) is 11.0. The zero-order chi connectivity index (χ0) is 15.7. The Bertz CT molecular complexity index is 927. The summed E-state index contributed by atoms with van der Waals surface area (Å²) in [5.41, 5.74) is 0.554. The van der Waals surface area contributed by atoms with E-state index >= 15 is 0 Å². The minimum Gasteiger partial charge on any atom is -0.494 e. The topological polar surface area (TPSA) is 63.6 Å². The van der Waals surface area contributed by atoms with Crippen LogP contribution in [0.15, 0.2) is 35.1 Å². The zero-order valence-corrected chi connectivity index (χ0v) is 12.8. The minimum absolute atomic E-state index is 0.191. The maximum absolute atomic E-state index is 12.7. The van der Waals surface area contributed by atoms with E-state index < -0.39 is 0 Å². The third kappa shape index (κ3) is 2.28. The quantitative estimate of drug-likeness (QED) is 0.593. The molecule has 0 atom stereocenters. The number of carbonyl (C=O) groups excluding carboxylic acids is 1. The van der Waals surface area contributed by atoms with Gasteiger partial charge in [-0.3, -0.25) is 9.59 Å². The molecule has 1 heterocycles. The molecule has 0 radical (unpaired) electrons. The maximum atomic E-state index is 12.7. The van der Waals surface area contributed by atoms with Gasteiger partial charge in [-0.05, 0) is 36.8 Å². The second kappa shape index (κ2) is 5.87. The van der Waals surface area contributed by atoms with Crippen LogP contribution in [0.25, 0.3) is 20.2 Å². The molecule has 3 rings (SSSR count). The van der Waals surface area contributed by atoms with Crippen LogP contribution in [-0.2, 0) is 6.61 Å². The average molecular weight is 314 g/mol. The van der Waals surface area contributed by atoms with Crippen molar-refractivity contribution in [1.82, 2.24) is 0 Å². The Kier molecular flexibility index (Phi) is 3.92. The summed E-state index contributed by atoms with van der Waals surface area (Å²) < 4.78 is 7.01. The molecule has 0 aliphatic heterocycles. The SMILES string of the molecule is CCOc1ccc2c(=O)c3c(C=O)c(CO)ccc3sc2c1. The monoisotopic (exact) mass is 314 g/mol. The Morgan fingerprint density at radius 3 is 2.73 bits per heavy atom. The summed E-state index contributed by atoms with van der Waals surface area (Å²) in [7, 11) is 0. The van der Waals surface area contributed by atoms with Crippen molar-refractivity contribution in [3.05, 3.63) is 51.7 Å². The lowest BCUT2D eigenvalue weighted by Gasteiger charge is -2.08. The van der Waals surface area contributed by atoms with E-state index in [9.17, 15) is 14.7 Å². The van der Waals surface area contributed by atoms with Crippen molar-refractivity contribution in [1.29, 1.82) is 0 Å². The van der Waals surface area contributed by atoms with Crippen LogP contribution in [0.1, 0.15) is 22.8 Å². The van der Waals surface area contributed by atoms with E-state index in [0.717, 1.165) is 9.40 Å². The molecule has 0 unspecified atom stereocenters. The van der Waals surface area contributed by atoms with Crippen molar-refractivity contribution in [2.45, 2.75) is 13.5 Å². The van der Waals surface area contributed by atoms with Crippen LogP contribution in [0.5, 0.6) is 5.75 Å². The average Bonchev–Trinajstić information content (AvgIpc) is 2.54. The number of aldehydes is 1. The Hall–Kier alpha value is -2.24. The molecule has 0 amide bonds. The number of aliphatic hydroxyl groups excluding tert-OH is 1. The third-order valence-corrected chi connectivity index (χ3v) is 4.66. The van der Waals surface area contributed by atoms with Gasteiger partial charge < -0.3 is 9.84 Å². The second-order valence-corrected chi connectivity index (χ2v) is 5.89. The van der Waals surface area contributed by atoms with Gasteiger partial charge >= 0.3 is 0 Å². The highest BCUT2D eigenvalue weighted by Gasteiger charge is 2.13. The van der Waals surface area contributed by atoms with Gasteiger partial charge in [0.05, 0.1) is 18.6 Å². The maximum Gasteiger partial charge on any atom is 0.196 e. The summed E-state index contributed by atoms with van der Waals surface area (Å²) in [6, 6.07) is 8.76. The minimum atomic E-state index is -0.268. The molecule has 1 N–H and O–H groups in total. The first-order chi connectivity index (χ1) is 10.7. The van der Waals surface area contributed by atoms with Crippen molar-refractivity contribution >= 4 is 37.8 Å². The van der Waals surface area contributed by atoms with Gasteiger partial charge in [0.15, 0.2) is 11.7 Å². The van der Waals surface area contributed by atoms with Crippen LogP contribution in [0, 0.1) is 0 Å². The Labute approximate surface area is 130 Å². The fourth-order valence-corrected chi connectivity index (χ4v) is 3.64. The molecule has 3 aromatic rings. The van der Waals surface area contributed by atoms with Crippen LogP contribution >= 0.6 is 11.3 Å². The van der Waals surface area contributed by atoms with Gasteiger partial charge in [0.25, 0.3) is 0 Å². The van der Waals surface area contributed by atoms with Gasteiger partial charge in [-0.2, -0.15) is 0 Å². The van der Waals surface area contributed by atoms with Crippen molar-refractivity contribution in [3.63, 3.8) is 0 Å². The highest BCUT2D eigenvalue weighted by Crippen LogP contribution is 2.30. The summed E-state index contributed by atoms with van der Waals surface area (Å²) in [5.74, 6) is 0.715. The van der Waals surface area contributed by atoms with Crippen LogP contribution in [0.2, 0.25) is 0 Å². The molecular weight excluding hydrogens is 300 g/mol. The summed E-state index contributed by atoms with van der Waals surface area (Å²) in [4.78, 5) is 24.1. The van der Waals surface area contributed by atoms with E-state index in [1.165, 1.54) is 11.3 Å². The van der Waals surface area contributed by atoms with Gasteiger partial charge in [-0.1, -0.05) is 6.07 Å². The molecule has 0 fully saturated rings. The van der Waals surface area contributed by atoms with Crippen LogP contribution in [0.3, 0.4) is 0 Å². The molecule has 0 saturated carbocycles. The van der Waals surface area contributed by atoms with Gasteiger partial charge in [0.1, 0.15) is 5.75 Å². The molecule has 0 spiro atoms. The van der Waals surface area contributed by atoms with Crippen molar-refractivity contribution in [2.75, 3.05) is 6.61 Å². The Balaban J connectivity index is 2.41. The van der Waals surface area contributed by atoms with Crippen LogP contribution in [0.4, 0.5) is 0 Å². The van der Waals surface area contributed by atoms with E-state index in [-0.39, 0.29) is 17.6 Å². The lowest BCUT2D eigenvalue weighted by molar-refractivity contribution is 0.112. The smallest absolute Gasteiger partial charge is 0.196 e. The van der Waals surface area contributed by atoms with Gasteiger partial charge in [0, 0.05) is 20.3 Å². The van der Waals surface area contributed by atoms with Gasteiger partial charge in [-0.25, -0.2) is 0 Å². The molecule has 4 nitrogen and oxygen atoms in total. The van der Waals surface area contributed by atoms with Gasteiger partial charge in [0.2, 0.25) is 0 Å². The standard InChI is InChI=1S/C17H14O4S/c1-2-21-11-4-5-12-15(7-11)22-14-6-3-10(8-18)13(9-19)16(14)17(12)20/h3-7,9,18H,2,8H2,1H3. The zero-order valence-electron chi connectivity index (χ0n) is 12.0. The number of benzene rings is 2. The van der Waals surface area contributed by atoms with Crippen LogP contribution in [-0.4, -0.2) is 18.0 Å². The molecule has 2 aromatic carbocycles. The molecule has 0 saturated heterocycles. The Morgan fingerprint density at radius 1 is 1.23 bits per heavy atom. The molecule has 112 valence electrons. The lowest BCUT2D eigenvalue weighted by Crippen LogP contribution is -2.06. The van der Waals surface area contributed by atoms with E-state index in [4.69, 9.17) is 4.74 Å². The van der Waals surface area contributed by atoms with Crippen LogP contribution < -0.4 is 10.2 Å². The number of aliphatic hydroxyl groups is 1. The number of hydrogen-bond donors (Lipinski definition) is 1. The first-order valence-corrected chi connectivity index (χ1v) is 7.72. The first kappa shape index (κ1) is 14.7. The van der Waals surface area contributed by atoms with E-state index in [1.54, 1.807) is 24.3 Å². The molecular formula is C17H14O4S. The van der Waals surface area contributed by atoms with E-state index in [2.05, 4.69) is 0 Å². The molecule has 22 heavy (non-hydrogen) atoms. The summed E-state index contributed by atoms with van der Waals surface area (Å²) in [6.07, 6.45) is 0.641. The number of ether oxygens (including phenoxy) is 1. The summed E-state index contributed by atoms with van der Waals surface area (Å²) in [6.45, 7) is 2.19. The predicted octanol–water partition coefficient (Wildman–Crippen LogP) is 3.12. The van der Waals surface area contributed by atoms with Crippen molar-refractivity contribution < 1.29 is 14.6 Å². The number of fused-ring (bicyclic) bond motifs is 2. The predicted molar refractivity (Wildman–Crippen MR) is 88.1 cm³/mol. The fraction of sp³-hybridized carbons (Fsp3) is 0.176. The first-order valence-electron chi connectivity index (χ1n) is 6.91. The van der Waals surface area contributed by atoms with Gasteiger partial charge in [-0.15, -0.1) is 11.3 Å². The fourth-order valence-electron chi connectivity index (χ4n) is 2.52. The summed E-state index contributed by atoms with van der Waals surface area (Å²) in [5, 5.41) is 10.3. The molecule has 0 aliphatic carbocycles. The van der Waals surface area contributed by atoms with E-state index in [1.807, 2.05) is 13.0 Å². The lowest BCUT2D eigenvalue weighted by atomic mass is 10.0. The highest BCUT2D eigenvalue weighted by atomic mass is 32.1.